The summed E-state index contributed by atoms with van der Waals surface area (Å²) in [6, 6.07) is 5.10. The Morgan fingerprint density at radius 1 is 1.03 bits per heavy atom. The number of carbonyl (C=O) groups excluding carboxylic acids is 3. The van der Waals surface area contributed by atoms with Crippen molar-refractivity contribution in [1.82, 2.24) is 25.9 Å². The number of hydrogen-bond acceptors (Lipinski definition) is 7. The Morgan fingerprint density at radius 2 is 1.68 bits per heavy atom. The normalized spacial score (nSPS) is 14.9. The molecule has 7 N–H and O–H groups in total. The maximum atomic E-state index is 13.4. The molecule has 1 aromatic heterocycles. The number of nitrogens with zero attached hydrogens (tertiary/aromatic N) is 1. The zero-order valence-electron chi connectivity index (χ0n) is 22.0. The number of carboxylic acid groups (broad SMARTS) is 1. The Morgan fingerprint density at radius 3 is 2.26 bits per heavy atom. The summed E-state index contributed by atoms with van der Waals surface area (Å²) in [7, 11) is 0. The summed E-state index contributed by atoms with van der Waals surface area (Å²) in [5.41, 5.74) is 7.52. The highest BCUT2D eigenvalue weighted by atomic mass is 32.2. The third-order valence-electron chi connectivity index (χ3n) is 6.27. The van der Waals surface area contributed by atoms with Crippen molar-refractivity contribution in [1.29, 1.82) is 0 Å². The van der Waals surface area contributed by atoms with Gasteiger partial charge in [0, 0.05) is 24.7 Å². The summed E-state index contributed by atoms with van der Waals surface area (Å²) in [6.45, 7) is 3.58. The summed E-state index contributed by atoms with van der Waals surface area (Å²) >= 11 is 1.51. The number of aromatic amines is 1. The molecule has 12 heteroatoms. The van der Waals surface area contributed by atoms with E-state index in [0.717, 1.165) is 5.56 Å². The molecule has 0 fully saturated rings. The first kappa shape index (κ1) is 30.8. The molecule has 0 aliphatic carbocycles. The van der Waals surface area contributed by atoms with Crippen molar-refractivity contribution in [3.63, 3.8) is 0 Å². The number of nitrogens with two attached hydrogens (primary N) is 1. The Labute approximate surface area is 227 Å². The predicted molar refractivity (Wildman–Crippen MR) is 146 cm³/mol. The number of imidazole rings is 1. The summed E-state index contributed by atoms with van der Waals surface area (Å²) in [6.07, 6.45) is 6.17. The van der Waals surface area contributed by atoms with E-state index in [1.54, 1.807) is 13.1 Å². The van der Waals surface area contributed by atoms with Crippen LogP contribution in [0.1, 0.15) is 37.9 Å². The van der Waals surface area contributed by atoms with Crippen LogP contribution in [0.3, 0.4) is 0 Å². The van der Waals surface area contributed by atoms with Gasteiger partial charge >= 0.3 is 5.97 Å². The van der Waals surface area contributed by atoms with E-state index in [-0.39, 0.29) is 18.8 Å². The number of amides is 3. The number of thioether (sulfide) groups is 1. The number of nitrogens with one attached hydrogen (secondary N) is 4. The molecule has 5 atom stereocenters. The summed E-state index contributed by atoms with van der Waals surface area (Å²) in [4.78, 5) is 58.0. The standard InChI is InChI=1S/C26H38N6O5S/c1-4-16(2)22(26(36)37)32-25(35)21(12-17-8-6-5-7-9-17)31-24(34)20(10-11-38-3)30-23(33)19(27)13-18-14-28-15-29-18/h5-9,14-16,19-22H,4,10-13,27H2,1-3H3,(H,28,29)(H,30,33)(H,31,34)(H,32,35)(H,36,37). The molecule has 0 aliphatic rings. The van der Waals surface area contributed by atoms with Crippen LogP contribution in [0.5, 0.6) is 0 Å². The van der Waals surface area contributed by atoms with Gasteiger partial charge in [0.2, 0.25) is 17.7 Å². The lowest BCUT2D eigenvalue weighted by molar-refractivity contribution is -0.143. The van der Waals surface area contributed by atoms with Crippen molar-refractivity contribution in [2.75, 3.05) is 12.0 Å². The SMILES string of the molecule is CCC(C)C(NC(=O)C(Cc1ccccc1)NC(=O)C(CCSC)NC(=O)C(N)Cc1cnc[nH]1)C(=O)O. The van der Waals surface area contributed by atoms with E-state index in [4.69, 9.17) is 5.73 Å². The quantitative estimate of drug-likeness (QED) is 0.179. The van der Waals surface area contributed by atoms with Crippen LogP contribution in [0.2, 0.25) is 0 Å². The molecular weight excluding hydrogens is 508 g/mol. The maximum Gasteiger partial charge on any atom is 0.326 e. The van der Waals surface area contributed by atoms with E-state index >= 15 is 0 Å². The van der Waals surface area contributed by atoms with E-state index in [2.05, 4.69) is 25.9 Å². The molecule has 0 saturated carbocycles. The van der Waals surface area contributed by atoms with Gasteiger partial charge in [-0.25, -0.2) is 9.78 Å². The number of aliphatic carboxylic acids is 1. The fourth-order valence-corrected chi connectivity index (χ4v) is 4.25. The largest absolute Gasteiger partial charge is 0.480 e. The molecule has 1 aromatic carbocycles. The molecule has 0 saturated heterocycles. The van der Waals surface area contributed by atoms with E-state index in [0.29, 0.717) is 24.3 Å². The van der Waals surface area contributed by atoms with Crippen molar-refractivity contribution in [2.24, 2.45) is 11.7 Å². The number of H-pyrrole nitrogens is 1. The highest BCUT2D eigenvalue weighted by molar-refractivity contribution is 7.98. The molecule has 2 rings (SSSR count). The van der Waals surface area contributed by atoms with Crippen molar-refractivity contribution in [2.45, 2.75) is 63.7 Å². The molecule has 5 unspecified atom stereocenters. The van der Waals surface area contributed by atoms with Crippen molar-refractivity contribution >= 4 is 35.5 Å². The van der Waals surface area contributed by atoms with E-state index < -0.39 is 47.9 Å². The minimum atomic E-state index is -1.14. The summed E-state index contributed by atoms with van der Waals surface area (Å²) in [5.74, 6) is -2.54. The highest BCUT2D eigenvalue weighted by Crippen LogP contribution is 2.11. The van der Waals surface area contributed by atoms with Crippen LogP contribution in [0.25, 0.3) is 0 Å². The van der Waals surface area contributed by atoms with Crippen molar-refractivity contribution < 1.29 is 24.3 Å². The smallest absolute Gasteiger partial charge is 0.326 e. The lowest BCUT2D eigenvalue weighted by Gasteiger charge is -2.26. The minimum Gasteiger partial charge on any atom is -0.480 e. The van der Waals surface area contributed by atoms with E-state index in [1.807, 2.05) is 43.5 Å². The monoisotopic (exact) mass is 546 g/mol. The maximum absolute atomic E-state index is 13.4. The second kappa shape index (κ2) is 15.8. The molecule has 38 heavy (non-hydrogen) atoms. The molecule has 3 amide bonds. The molecule has 11 nitrogen and oxygen atoms in total. The van der Waals surface area contributed by atoms with Gasteiger partial charge in [0.25, 0.3) is 0 Å². The topological polar surface area (TPSA) is 179 Å². The van der Waals surface area contributed by atoms with Gasteiger partial charge in [-0.15, -0.1) is 0 Å². The number of aromatic nitrogens is 2. The van der Waals surface area contributed by atoms with Crippen LogP contribution in [0, 0.1) is 5.92 Å². The Kier molecular flexibility index (Phi) is 12.8. The number of hydrogen-bond donors (Lipinski definition) is 6. The fourth-order valence-electron chi connectivity index (χ4n) is 3.78. The van der Waals surface area contributed by atoms with Gasteiger partial charge in [-0.1, -0.05) is 50.6 Å². The third kappa shape index (κ3) is 9.82. The van der Waals surface area contributed by atoms with Gasteiger partial charge in [-0.05, 0) is 29.9 Å². The molecule has 0 aliphatic heterocycles. The van der Waals surface area contributed by atoms with Crippen LogP contribution >= 0.6 is 11.8 Å². The number of carboxylic acids is 1. The molecular formula is C26H38N6O5S. The minimum absolute atomic E-state index is 0.147. The Balaban J connectivity index is 2.19. The van der Waals surface area contributed by atoms with Crippen molar-refractivity contribution in [3.8, 4) is 0 Å². The average Bonchev–Trinajstić information content (AvgIpc) is 3.41. The molecule has 0 bridgehead atoms. The van der Waals surface area contributed by atoms with Crippen molar-refractivity contribution in [3.05, 3.63) is 54.1 Å². The zero-order chi connectivity index (χ0) is 28.1. The van der Waals surface area contributed by atoms with Gasteiger partial charge in [-0.3, -0.25) is 14.4 Å². The van der Waals surface area contributed by atoms with Crippen LogP contribution in [0.15, 0.2) is 42.9 Å². The second-order valence-corrected chi connectivity index (χ2v) is 10.2. The lowest BCUT2D eigenvalue weighted by atomic mass is 9.98. The van der Waals surface area contributed by atoms with Crippen LogP contribution < -0.4 is 21.7 Å². The van der Waals surface area contributed by atoms with Gasteiger partial charge in [0.1, 0.15) is 18.1 Å². The Hall–Kier alpha value is -3.38. The second-order valence-electron chi connectivity index (χ2n) is 9.19. The zero-order valence-corrected chi connectivity index (χ0v) is 22.8. The van der Waals surface area contributed by atoms with Crippen LogP contribution in [-0.2, 0) is 32.0 Å². The van der Waals surface area contributed by atoms with Crippen LogP contribution in [0.4, 0.5) is 0 Å². The first-order valence-electron chi connectivity index (χ1n) is 12.6. The first-order valence-corrected chi connectivity index (χ1v) is 13.9. The highest BCUT2D eigenvalue weighted by Gasteiger charge is 2.32. The van der Waals surface area contributed by atoms with Crippen LogP contribution in [-0.4, -0.2) is 74.9 Å². The van der Waals surface area contributed by atoms with Gasteiger partial charge in [0.15, 0.2) is 0 Å². The average molecular weight is 547 g/mol. The fraction of sp³-hybridized carbons (Fsp3) is 0.500. The summed E-state index contributed by atoms with van der Waals surface area (Å²) < 4.78 is 0. The van der Waals surface area contributed by atoms with E-state index in [9.17, 15) is 24.3 Å². The van der Waals surface area contributed by atoms with Gasteiger partial charge in [0.05, 0.1) is 12.4 Å². The van der Waals surface area contributed by atoms with Gasteiger partial charge in [-0.2, -0.15) is 11.8 Å². The summed E-state index contributed by atoms with van der Waals surface area (Å²) in [5, 5.41) is 17.7. The molecule has 0 radical (unpaired) electrons. The third-order valence-corrected chi connectivity index (χ3v) is 6.91. The molecule has 2 aromatic rings. The van der Waals surface area contributed by atoms with Gasteiger partial charge < -0.3 is 31.8 Å². The number of carbonyl (C=O) groups is 4. The lowest BCUT2D eigenvalue weighted by Crippen LogP contribution is -2.58. The molecule has 0 spiro atoms. The Bertz CT molecular complexity index is 1040. The molecule has 1 heterocycles. The predicted octanol–water partition coefficient (Wildman–Crippen LogP) is 0.860. The number of benzene rings is 1. The molecule has 208 valence electrons. The van der Waals surface area contributed by atoms with E-state index in [1.165, 1.54) is 18.1 Å². The first-order chi connectivity index (χ1) is 18.2. The number of rotatable bonds is 16.